The maximum atomic E-state index is 13.2. The maximum absolute atomic E-state index is 13.2. The zero-order valence-electron chi connectivity index (χ0n) is 21.2. The Labute approximate surface area is 229 Å². The minimum Gasteiger partial charge on any atom is -0.325 e. The summed E-state index contributed by atoms with van der Waals surface area (Å²) >= 11 is 0. The summed E-state index contributed by atoms with van der Waals surface area (Å²) in [6.45, 7) is 2.80. The van der Waals surface area contributed by atoms with Crippen LogP contribution in [0.3, 0.4) is 0 Å². The van der Waals surface area contributed by atoms with E-state index < -0.39 is 6.04 Å². The minimum absolute atomic E-state index is 0. The van der Waals surface area contributed by atoms with E-state index in [2.05, 4.69) is 29.5 Å². The van der Waals surface area contributed by atoms with E-state index in [4.69, 9.17) is 5.73 Å². The molecule has 6 heteroatoms. The lowest BCUT2D eigenvalue weighted by Crippen LogP contribution is -2.41. The van der Waals surface area contributed by atoms with Gasteiger partial charge in [-0.2, -0.15) is 5.10 Å². The summed E-state index contributed by atoms with van der Waals surface area (Å²) in [6.07, 6.45) is 1.89. The van der Waals surface area contributed by atoms with E-state index in [0.717, 1.165) is 34.5 Å². The lowest BCUT2D eigenvalue weighted by atomic mass is 9.85. The second kappa shape index (κ2) is 12.4. The first-order valence-electron chi connectivity index (χ1n) is 12.4. The van der Waals surface area contributed by atoms with Crippen LogP contribution in [0, 0.1) is 6.92 Å². The zero-order valence-corrected chi connectivity index (χ0v) is 22.0. The van der Waals surface area contributed by atoms with Gasteiger partial charge in [0.2, 0.25) is 5.91 Å². The summed E-state index contributed by atoms with van der Waals surface area (Å²) in [5.41, 5.74) is 13.7. The van der Waals surface area contributed by atoms with E-state index in [-0.39, 0.29) is 24.2 Å². The van der Waals surface area contributed by atoms with Crippen molar-refractivity contribution in [3.8, 4) is 11.1 Å². The van der Waals surface area contributed by atoms with Crippen molar-refractivity contribution < 1.29 is 4.79 Å². The number of nitrogens with two attached hydrogens (primary N) is 1. The summed E-state index contributed by atoms with van der Waals surface area (Å²) in [7, 11) is 0. The fourth-order valence-electron chi connectivity index (χ4n) is 4.68. The smallest absolute Gasteiger partial charge is 0.242 e. The van der Waals surface area contributed by atoms with Crippen molar-refractivity contribution in [1.82, 2.24) is 9.78 Å². The van der Waals surface area contributed by atoms with E-state index in [1.165, 1.54) is 5.56 Å². The molecule has 0 fully saturated rings. The molecule has 1 amide bonds. The number of aromatic nitrogens is 2. The molecule has 38 heavy (non-hydrogen) atoms. The number of benzene rings is 4. The molecule has 1 heterocycles. The highest BCUT2D eigenvalue weighted by molar-refractivity contribution is 5.96. The molecule has 192 valence electrons. The third kappa shape index (κ3) is 6.02. The first kappa shape index (κ1) is 26.9. The quantitative estimate of drug-likeness (QED) is 0.247. The van der Waals surface area contributed by atoms with Gasteiger partial charge in [0.25, 0.3) is 0 Å². The highest BCUT2D eigenvalue weighted by atomic mass is 35.5. The number of nitrogens with zero attached hydrogens (tertiary/aromatic N) is 2. The average Bonchev–Trinajstić information content (AvgIpc) is 3.30. The van der Waals surface area contributed by atoms with Crippen LogP contribution in [0.2, 0.25) is 0 Å². The minimum atomic E-state index is -0.747. The van der Waals surface area contributed by atoms with Gasteiger partial charge in [0, 0.05) is 22.9 Å². The van der Waals surface area contributed by atoms with E-state index in [0.29, 0.717) is 5.69 Å². The standard InChI is InChI=1S/C32H30N4O.ClH/c1-23-29(21-34-36(23)22-24-11-5-2-6-12-24)25-17-19-28(20-18-25)35-32(37)31(33)30(26-13-7-3-8-14-26)27-15-9-4-10-16-27;/h2-21,30-31H,22,33H2,1H3,(H,35,37);1H/t31-;/m0./s1. The van der Waals surface area contributed by atoms with Gasteiger partial charge >= 0.3 is 0 Å². The van der Waals surface area contributed by atoms with Gasteiger partial charge in [-0.3, -0.25) is 9.48 Å². The predicted octanol–water partition coefficient (Wildman–Crippen LogP) is 6.43. The van der Waals surface area contributed by atoms with Crippen LogP contribution in [0.15, 0.2) is 121 Å². The molecule has 0 radical (unpaired) electrons. The molecule has 0 aliphatic heterocycles. The van der Waals surface area contributed by atoms with Gasteiger partial charge in [-0.25, -0.2) is 0 Å². The second-order valence-electron chi connectivity index (χ2n) is 9.18. The number of amides is 1. The van der Waals surface area contributed by atoms with Gasteiger partial charge in [-0.1, -0.05) is 103 Å². The molecule has 0 saturated carbocycles. The Morgan fingerprint density at radius 1 is 0.816 bits per heavy atom. The molecule has 1 aromatic heterocycles. The molecule has 0 spiro atoms. The van der Waals surface area contributed by atoms with Crippen LogP contribution in [0.4, 0.5) is 5.69 Å². The van der Waals surface area contributed by atoms with Gasteiger partial charge in [-0.05, 0) is 41.3 Å². The lowest BCUT2D eigenvalue weighted by molar-refractivity contribution is -0.117. The van der Waals surface area contributed by atoms with Crippen LogP contribution in [-0.2, 0) is 11.3 Å². The van der Waals surface area contributed by atoms with Crippen molar-refractivity contribution in [1.29, 1.82) is 0 Å². The van der Waals surface area contributed by atoms with Gasteiger partial charge in [-0.15, -0.1) is 12.4 Å². The molecule has 5 aromatic rings. The van der Waals surface area contributed by atoms with Crippen molar-refractivity contribution in [2.75, 3.05) is 5.32 Å². The molecule has 5 rings (SSSR count). The first-order chi connectivity index (χ1) is 18.1. The van der Waals surface area contributed by atoms with Crippen LogP contribution < -0.4 is 11.1 Å². The van der Waals surface area contributed by atoms with Crippen LogP contribution in [0.25, 0.3) is 11.1 Å². The summed E-state index contributed by atoms with van der Waals surface area (Å²) in [4.78, 5) is 13.2. The average molecular weight is 523 g/mol. The van der Waals surface area contributed by atoms with E-state index in [1.807, 2.05) is 114 Å². The van der Waals surface area contributed by atoms with Crippen molar-refractivity contribution in [2.24, 2.45) is 5.73 Å². The largest absolute Gasteiger partial charge is 0.325 e. The van der Waals surface area contributed by atoms with Crippen LogP contribution in [0.5, 0.6) is 0 Å². The van der Waals surface area contributed by atoms with E-state index >= 15 is 0 Å². The fraction of sp³-hybridized carbons (Fsp3) is 0.125. The molecule has 0 bridgehead atoms. The monoisotopic (exact) mass is 522 g/mol. The highest BCUT2D eigenvalue weighted by Crippen LogP contribution is 2.29. The molecular formula is C32H31ClN4O. The molecule has 4 aromatic carbocycles. The number of carbonyl (C=O) groups is 1. The van der Waals surface area contributed by atoms with E-state index in [9.17, 15) is 4.79 Å². The van der Waals surface area contributed by atoms with Gasteiger partial charge < -0.3 is 11.1 Å². The Bertz CT molecular complexity index is 1410. The topological polar surface area (TPSA) is 72.9 Å². The van der Waals surface area contributed by atoms with Crippen molar-refractivity contribution in [2.45, 2.75) is 25.4 Å². The Hall–Kier alpha value is -4.19. The number of hydrogen-bond acceptors (Lipinski definition) is 3. The summed E-state index contributed by atoms with van der Waals surface area (Å²) in [5.74, 6) is -0.475. The Morgan fingerprint density at radius 3 is 1.89 bits per heavy atom. The lowest BCUT2D eigenvalue weighted by Gasteiger charge is -2.24. The molecule has 0 unspecified atom stereocenters. The first-order valence-corrected chi connectivity index (χ1v) is 12.4. The molecule has 0 aliphatic carbocycles. The maximum Gasteiger partial charge on any atom is 0.242 e. The Morgan fingerprint density at radius 2 is 1.34 bits per heavy atom. The van der Waals surface area contributed by atoms with Gasteiger partial charge in [0.1, 0.15) is 0 Å². The third-order valence-electron chi connectivity index (χ3n) is 6.72. The molecule has 1 atom stereocenters. The highest BCUT2D eigenvalue weighted by Gasteiger charge is 2.27. The van der Waals surface area contributed by atoms with Crippen LogP contribution in [0.1, 0.15) is 28.3 Å². The number of nitrogens with one attached hydrogen (secondary N) is 1. The van der Waals surface area contributed by atoms with Gasteiger partial charge in [0.15, 0.2) is 0 Å². The molecule has 5 nitrogen and oxygen atoms in total. The third-order valence-corrected chi connectivity index (χ3v) is 6.72. The Balaban J connectivity index is 0.00000336. The van der Waals surface area contributed by atoms with Crippen LogP contribution >= 0.6 is 12.4 Å². The molecule has 3 N–H and O–H groups in total. The zero-order chi connectivity index (χ0) is 25.6. The summed E-state index contributed by atoms with van der Waals surface area (Å²) in [5, 5.41) is 7.60. The van der Waals surface area contributed by atoms with E-state index in [1.54, 1.807) is 0 Å². The van der Waals surface area contributed by atoms with Crippen molar-refractivity contribution in [3.05, 3.63) is 144 Å². The van der Waals surface area contributed by atoms with Crippen molar-refractivity contribution >= 4 is 24.0 Å². The predicted molar refractivity (Wildman–Crippen MR) is 157 cm³/mol. The summed E-state index contributed by atoms with van der Waals surface area (Å²) in [6, 6.07) is 37.2. The number of halogens is 1. The van der Waals surface area contributed by atoms with Crippen molar-refractivity contribution in [3.63, 3.8) is 0 Å². The molecular weight excluding hydrogens is 492 g/mol. The Kier molecular flexibility index (Phi) is 8.74. The number of carbonyl (C=O) groups excluding carboxylic acids is 1. The normalized spacial score (nSPS) is 11.6. The molecule has 0 aliphatic rings. The number of rotatable bonds is 8. The summed E-state index contributed by atoms with van der Waals surface area (Å²) < 4.78 is 2.01. The van der Waals surface area contributed by atoms with Crippen LogP contribution in [-0.4, -0.2) is 21.7 Å². The molecule has 0 saturated heterocycles. The van der Waals surface area contributed by atoms with Gasteiger partial charge in [0.05, 0.1) is 18.8 Å². The number of hydrogen-bond donors (Lipinski definition) is 2. The fourth-order valence-corrected chi connectivity index (χ4v) is 4.68. The SMILES string of the molecule is Cc1c(-c2ccc(NC(=O)[C@@H](N)C(c3ccccc3)c3ccccc3)cc2)cnn1Cc1ccccc1.Cl. The second-order valence-corrected chi connectivity index (χ2v) is 9.18. The number of anilines is 1.